The number of hydrogen-bond acceptors (Lipinski definition) is 6. The van der Waals surface area contributed by atoms with Gasteiger partial charge in [-0.3, -0.25) is 9.59 Å². The molecule has 2 amide bonds. The molecule has 2 heterocycles. The lowest BCUT2D eigenvalue weighted by Gasteiger charge is -2.30. The first-order valence-electron chi connectivity index (χ1n) is 9.51. The highest BCUT2D eigenvalue weighted by Crippen LogP contribution is 2.32. The Hall–Kier alpha value is -3.26. The van der Waals surface area contributed by atoms with E-state index in [-0.39, 0.29) is 18.6 Å². The van der Waals surface area contributed by atoms with E-state index in [0.717, 1.165) is 11.3 Å². The van der Waals surface area contributed by atoms with E-state index in [2.05, 4.69) is 15.5 Å². The molecule has 2 aliphatic rings. The van der Waals surface area contributed by atoms with Gasteiger partial charge in [0.1, 0.15) is 0 Å². The van der Waals surface area contributed by atoms with Gasteiger partial charge in [0.2, 0.25) is 12.7 Å². The Bertz CT molecular complexity index is 925. The van der Waals surface area contributed by atoms with Crippen LogP contribution in [0.1, 0.15) is 22.8 Å². The van der Waals surface area contributed by atoms with Crippen molar-refractivity contribution < 1.29 is 23.8 Å². The molecule has 0 aromatic heterocycles. The summed E-state index contributed by atoms with van der Waals surface area (Å²) in [5.41, 5.74) is 2.92. The van der Waals surface area contributed by atoms with Crippen LogP contribution in [0, 0.1) is 0 Å². The molecule has 0 radical (unpaired) electrons. The fourth-order valence-electron chi connectivity index (χ4n) is 3.40. The molecule has 2 N–H and O–H groups in total. The highest BCUT2D eigenvalue weighted by Gasteiger charge is 2.20. The van der Waals surface area contributed by atoms with Gasteiger partial charge >= 0.3 is 0 Å². The lowest BCUT2D eigenvalue weighted by atomic mass is 10.1. The third-order valence-corrected chi connectivity index (χ3v) is 4.80. The van der Waals surface area contributed by atoms with Crippen molar-refractivity contribution in [2.24, 2.45) is 0 Å². The van der Waals surface area contributed by atoms with Crippen molar-refractivity contribution in [2.75, 3.05) is 43.3 Å². The van der Waals surface area contributed by atoms with Gasteiger partial charge in [0.05, 0.1) is 24.5 Å². The zero-order chi connectivity index (χ0) is 20.2. The fourth-order valence-corrected chi connectivity index (χ4v) is 3.40. The monoisotopic (exact) mass is 397 g/mol. The Balaban J connectivity index is 1.52. The molecule has 0 bridgehead atoms. The van der Waals surface area contributed by atoms with Crippen molar-refractivity contribution in [3.63, 3.8) is 0 Å². The van der Waals surface area contributed by atoms with Crippen LogP contribution in [0.15, 0.2) is 36.4 Å². The molecule has 1 saturated heterocycles. The van der Waals surface area contributed by atoms with Crippen molar-refractivity contribution >= 4 is 23.2 Å². The third-order valence-electron chi connectivity index (χ3n) is 4.80. The molecule has 2 aromatic carbocycles. The third kappa shape index (κ3) is 4.43. The van der Waals surface area contributed by atoms with Crippen LogP contribution in [0.4, 0.5) is 11.4 Å². The van der Waals surface area contributed by atoms with Crippen LogP contribution in [-0.4, -0.2) is 44.9 Å². The normalized spacial score (nSPS) is 15.1. The minimum absolute atomic E-state index is 0.155. The van der Waals surface area contributed by atoms with Crippen molar-refractivity contribution in [1.29, 1.82) is 0 Å². The maximum Gasteiger partial charge on any atom is 0.253 e. The molecule has 2 aliphatic heterocycles. The molecule has 2 aromatic rings. The number of amides is 2. The van der Waals surface area contributed by atoms with Crippen molar-refractivity contribution in [3.8, 4) is 11.5 Å². The van der Waals surface area contributed by atoms with Crippen molar-refractivity contribution in [3.05, 3.63) is 47.5 Å². The number of carbonyl (C=O) groups excluding carboxylic acids is 2. The smallest absolute Gasteiger partial charge is 0.253 e. The first kappa shape index (κ1) is 19.1. The average molecular weight is 397 g/mol. The number of morpholine rings is 1. The van der Waals surface area contributed by atoms with Gasteiger partial charge in [0, 0.05) is 32.2 Å². The summed E-state index contributed by atoms with van der Waals surface area (Å²) in [5.74, 6) is 1.06. The molecule has 0 unspecified atom stereocenters. The largest absolute Gasteiger partial charge is 0.454 e. The Morgan fingerprint density at radius 3 is 2.62 bits per heavy atom. The maximum atomic E-state index is 12.9. The summed E-state index contributed by atoms with van der Waals surface area (Å²) in [4.78, 5) is 26.5. The summed E-state index contributed by atoms with van der Waals surface area (Å²) in [6, 6.07) is 10.9. The molecular formula is C21H23N3O5. The Labute approximate surface area is 168 Å². The van der Waals surface area contributed by atoms with E-state index in [1.165, 1.54) is 6.92 Å². The molecule has 0 saturated carbocycles. The zero-order valence-electron chi connectivity index (χ0n) is 16.2. The molecule has 0 atom stereocenters. The predicted molar refractivity (Wildman–Crippen MR) is 108 cm³/mol. The molecule has 0 aliphatic carbocycles. The second kappa shape index (κ2) is 8.40. The first-order chi connectivity index (χ1) is 14.1. The van der Waals surface area contributed by atoms with Gasteiger partial charge in [-0.2, -0.15) is 0 Å². The van der Waals surface area contributed by atoms with Crippen LogP contribution in [0.5, 0.6) is 11.5 Å². The van der Waals surface area contributed by atoms with E-state index >= 15 is 0 Å². The topological polar surface area (TPSA) is 89.1 Å². The number of anilines is 2. The molecule has 8 heteroatoms. The van der Waals surface area contributed by atoms with Gasteiger partial charge in [-0.1, -0.05) is 6.07 Å². The van der Waals surface area contributed by atoms with Gasteiger partial charge in [-0.05, 0) is 35.9 Å². The van der Waals surface area contributed by atoms with Crippen LogP contribution >= 0.6 is 0 Å². The zero-order valence-corrected chi connectivity index (χ0v) is 16.2. The van der Waals surface area contributed by atoms with Crippen LogP contribution in [0.2, 0.25) is 0 Å². The minimum Gasteiger partial charge on any atom is -0.454 e. The van der Waals surface area contributed by atoms with Gasteiger partial charge in [0.25, 0.3) is 5.91 Å². The van der Waals surface area contributed by atoms with E-state index in [1.54, 1.807) is 12.1 Å². The van der Waals surface area contributed by atoms with E-state index in [4.69, 9.17) is 14.2 Å². The molecule has 152 valence electrons. The SMILES string of the molecule is CC(=O)Nc1ccc(C(=O)NCc2ccc3c(c2)OCO3)c(N2CCOCC2)c1. The van der Waals surface area contributed by atoms with Gasteiger partial charge in [-0.25, -0.2) is 0 Å². The summed E-state index contributed by atoms with van der Waals surface area (Å²) >= 11 is 0. The van der Waals surface area contributed by atoms with Gasteiger partial charge in [0.15, 0.2) is 11.5 Å². The maximum absolute atomic E-state index is 12.9. The number of benzene rings is 2. The first-order valence-corrected chi connectivity index (χ1v) is 9.51. The molecule has 8 nitrogen and oxygen atoms in total. The highest BCUT2D eigenvalue weighted by atomic mass is 16.7. The average Bonchev–Trinajstić information content (AvgIpc) is 3.20. The summed E-state index contributed by atoms with van der Waals surface area (Å²) in [5, 5.41) is 5.74. The number of ether oxygens (including phenoxy) is 3. The Morgan fingerprint density at radius 1 is 1.03 bits per heavy atom. The standard InChI is InChI=1S/C21H23N3O5/c1-14(25)23-16-3-4-17(18(11-16)24-6-8-27-9-7-24)21(26)22-12-15-2-5-19-20(10-15)29-13-28-19/h2-5,10-11H,6-9,12-13H2,1H3,(H,22,26)(H,23,25). The van der Waals surface area contributed by atoms with Crippen molar-refractivity contribution in [2.45, 2.75) is 13.5 Å². The number of fused-ring (bicyclic) bond motifs is 1. The second-order valence-corrected chi connectivity index (χ2v) is 6.88. The summed E-state index contributed by atoms with van der Waals surface area (Å²) in [6.07, 6.45) is 0. The molecule has 4 rings (SSSR count). The van der Waals surface area contributed by atoms with Crippen LogP contribution < -0.4 is 25.0 Å². The highest BCUT2D eigenvalue weighted by molar-refractivity contribution is 6.01. The number of nitrogens with zero attached hydrogens (tertiary/aromatic N) is 1. The second-order valence-electron chi connectivity index (χ2n) is 6.88. The lowest BCUT2D eigenvalue weighted by Crippen LogP contribution is -2.38. The summed E-state index contributed by atoms with van der Waals surface area (Å²) in [6.45, 7) is 4.61. The summed E-state index contributed by atoms with van der Waals surface area (Å²) in [7, 11) is 0. The van der Waals surface area contributed by atoms with E-state index in [9.17, 15) is 9.59 Å². The molecule has 0 spiro atoms. The van der Waals surface area contributed by atoms with Gasteiger partial charge in [-0.15, -0.1) is 0 Å². The number of hydrogen-bond donors (Lipinski definition) is 2. The van der Waals surface area contributed by atoms with E-state index < -0.39 is 0 Å². The lowest BCUT2D eigenvalue weighted by molar-refractivity contribution is -0.114. The number of carbonyl (C=O) groups is 2. The molecule has 29 heavy (non-hydrogen) atoms. The molecule has 1 fully saturated rings. The van der Waals surface area contributed by atoms with E-state index in [1.807, 2.05) is 24.3 Å². The number of nitrogens with one attached hydrogen (secondary N) is 2. The van der Waals surface area contributed by atoms with Gasteiger partial charge < -0.3 is 29.7 Å². The quantitative estimate of drug-likeness (QED) is 0.804. The predicted octanol–water partition coefficient (Wildman–Crippen LogP) is 2.14. The number of rotatable bonds is 5. The summed E-state index contributed by atoms with van der Waals surface area (Å²) < 4.78 is 16.1. The van der Waals surface area contributed by atoms with Crippen LogP contribution in [0.3, 0.4) is 0 Å². The Kier molecular flexibility index (Phi) is 5.53. The minimum atomic E-state index is -0.182. The van der Waals surface area contributed by atoms with Crippen LogP contribution in [0.25, 0.3) is 0 Å². The molecular weight excluding hydrogens is 374 g/mol. The fraction of sp³-hybridized carbons (Fsp3) is 0.333. The van der Waals surface area contributed by atoms with Crippen LogP contribution in [-0.2, 0) is 16.1 Å². The van der Waals surface area contributed by atoms with Crippen molar-refractivity contribution in [1.82, 2.24) is 5.32 Å². The van der Waals surface area contributed by atoms with E-state index in [0.29, 0.717) is 55.6 Å². The Morgan fingerprint density at radius 2 is 1.83 bits per heavy atom.